The molecule has 27 heavy (non-hydrogen) atoms. The lowest BCUT2D eigenvalue weighted by Crippen LogP contribution is -2.05. The molecule has 0 N–H and O–H groups in total. The first kappa shape index (κ1) is 15.0. The lowest BCUT2D eigenvalue weighted by atomic mass is 9.82. The molecule has 0 saturated carbocycles. The molecule has 4 aromatic carbocycles. The molecule has 0 atom stereocenters. The predicted molar refractivity (Wildman–Crippen MR) is 112 cm³/mol. The van der Waals surface area contributed by atoms with Crippen LogP contribution in [0.2, 0.25) is 0 Å². The summed E-state index contributed by atoms with van der Waals surface area (Å²) < 4.78 is 0. The van der Waals surface area contributed by atoms with Crippen LogP contribution in [0, 0.1) is 0 Å². The number of rotatable bonds is 2. The molecule has 4 aromatic rings. The summed E-state index contributed by atoms with van der Waals surface area (Å²) in [5.41, 5.74) is 11.6. The van der Waals surface area contributed by atoms with E-state index < -0.39 is 0 Å². The molecule has 0 amide bonds. The van der Waals surface area contributed by atoms with Gasteiger partial charge < -0.3 is 0 Å². The van der Waals surface area contributed by atoms with Gasteiger partial charge in [-0.3, -0.25) is 0 Å². The van der Waals surface area contributed by atoms with E-state index in [4.69, 9.17) is 0 Å². The molecular formula is C27H20. The van der Waals surface area contributed by atoms with Crippen LogP contribution in [0.4, 0.5) is 0 Å². The largest absolute Gasteiger partial charge is 0.0619 e. The maximum atomic E-state index is 2.33. The minimum Gasteiger partial charge on any atom is -0.0619 e. The predicted octanol–water partition coefficient (Wildman–Crippen LogP) is 7.00. The zero-order chi connectivity index (χ0) is 17.8. The van der Waals surface area contributed by atoms with Crippen molar-refractivity contribution in [3.8, 4) is 22.3 Å². The second-order valence-corrected chi connectivity index (χ2v) is 7.69. The number of hydrogen-bond acceptors (Lipinski definition) is 0. The van der Waals surface area contributed by atoms with Crippen molar-refractivity contribution in [2.45, 2.75) is 18.3 Å². The first-order valence-electron chi connectivity index (χ1n) is 9.78. The first-order valence-corrected chi connectivity index (χ1v) is 9.78. The maximum absolute atomic E-state index is 2.33. The van der Waals surface area contributed by atoms with Gasteiger partial charge in [0.1, 0.15) is 0 Å². The molecule has 2 aliphatic rings. The Balaban J connectivity index is 1.51. The number of hydrogen-bond donors (Lipinski definition) is 0. The third-order valence-electron chi connectivity index (χ3n) is 6.40. The van der Waals surface area contributed by atoms with Gasteiger partial charge in [0.25, 0.3) is 0 Å². The van der Waals surface area contributed by atoms with Crippen molar-refractivity contribution in [3.63, 3.8) is 0 Å². The zero-order valence-electron chi connectivity index (χ0n) is 15.1. The van der Waals surface area contributed by atoms with Crippen LogP contribution in [0.25, 0.3) is 22.3 Å². The maximum Gasteiger partial charge on any atom is 0.0111 e. The SMILES string of the molecule is c1ccc2c(c1)-c1ccccc1C2CC1c2ccccc2-c2ccccc21. The fourth-order valence-corrected chi connectivity index (χ4v) is 5.26. The van der Waals surface area contributed by atoms with Crippen LogP contribution in [0.15, 0.2) is 97.1 Å². The Morgan fingerprint density at radius 2 is 0.630 bits per heavy atom. The van der Waals surface area contributed by atoms with Crippen molar-refractivity contribution in [2.75, 3.05) is 0 Å². The number of fused-ring (bicyclic) bond motifs is 6. The van der Waals surface area contributed by atoms with Crippen LogP contribution in [0.5, 0.6) is 0 Å². The van der Waals surface area contributed by atoms with Gasteiger partial charge in [0.05, 0.1) is 0 Å². The average molecular weight is 344 g/mol. The van der Waals surface area contributed by atoms with Crippen LogP contribution in [-0.4, -0.2) is 0 Å². The minimum absolute atomic E-state index is 0.460. The van der Waals surface area contributed by atoms with Crippen molar-refractivity contribution in [2.24, 2.45) is 0 Å². The summed E-state index contributed by atoms with van der Waals surface area (Å²) in [5.74, 6) is 0.920. The van der Waals surface area contributed by atoms with Crippen molar-refractivity contribution in [1.82, 2.24) is 0 Å². The summed E-state index contributed by atoms with van der Waals surface area (Å²) in [5, 5.41) is 0. The van der Waals surface area contributed by atoms with Gasteiger partial charge in [-0.15, -0.1) is 0 Å². The second kappa shape index (κ2) is 5.69. The molecule has 0 aromatic heterocycles. The molecule has 0 radical (unpaired) electrons. The van der Waals surface area contributed by atoms with E-state index in [1.54, 1.807) is 0 Å². The van der Waals surface area contributed by atoms with E-state index in [0.717, 1.165) is 6.42 Å². The van der Waals surface area contributed by atoms with Gasteiger partial charge in [0.15, 0.2) is 0 Å². The molecule has 128 valence electrons. The van der Waals surface area contributed by atoms with Crippen molar-refractivity contribution in [3.05, 3.63) is 119 Å². The van der Waals surface area contributed by atoms with Gasteiger partial charge in [-0.1, -0.05) is 97.1 Å². The molecular weight excluding hydrogens is 324 g/mol. The zero-order valence-corrected chi connectivity index (χ0v) is 15.1. The van der Waals surface area contributed by atoms with Crippen LogP contribution in [-0.2, 0) is 0 Å². The van der Waals surface area contributed by atoms with E-state index in [-0.39, 0.29) is 0 Å². The third-order valence-corrected chi connectivity index (χ3v) is 6.40. The van der Waals surface area contributed by atoms with E-state index in [9.17, 15) is 0 Å². The van der Waals surface area contributed by atoms with Crippen LogP contribution in [0.1, 0.15) is 40.5 Å². The third kappa shape index (κ3) is 2.10. The van der Waals surface area contributed by atoms with Crippen molar-refractivity contribution < 1.29 is 0 Å². The summed E-state index contributed by atoms with van der Waals surface area (Å²) in [7, 11) is 0. The Labute approximate surface area is 160 Å². The highest BCUT2D eigenvalue weighted by Crippen LogP contribution is 2.53. The van der Waals surface area contributed by atoms with Crippen LogP contribution < -0.4 is 0 Å². The summed E-state index contributed by atoms with van der Waals surface area (Å²) in [6.45, 7) is 0. The van der Waals surface area contributed by atoms with E-state index in [2.05, 4.69) is 97.1 Å². The molecule has 0 heteroatoms. The van der Waals surface area contributed by atoms with E-state index >= 15 is 0 Å². The van der Waals surface area contributed by atoms with Gasteiger partial charge in [0, 0.05) is 11.8 Å². The van der Waals surface area contributed by atoms with E-state index in [1.807, 2.05) is 0 Å². The van der Waals surface area contributed by atoms with Crippen molar-refractivity contribution >= 4 is 0 Å². The molecule has 0 bridgehead atoms. The Bertz CT molecular complexity index is 984. The van der Waals surface area contributed by atoms with E-state index in [1.165, 1.54) is 44.5 Å². The molecule has 0 aliphatic heterocycles. The summed E-state index contributed by atoms with van der Waals surface area (Å²) in [6, 6.07) is 35.8. The smallest absolute Gasteiger partial charge is 0.0111 e. The Kier molecular flexibility index (Phi) is 3.16. The van der Waals surface area contributed by atoms with Crippen LogP contribution >= 0.6 is 0 Å². The Morgan fingerprint density at radius 3 is 0.926 bits per heavy atom. The lowest BCUT2D eigenvalue weighted by Gasteiger charge is -2.20. The first-order chi connectivity index (χ1) is 13.4. The highest BCUT2D eigenvalue weighted by molar-refractivity contribution is 5.81. The van der Waals surface area contributed by atoms with Gasteiger partial charge in [-0.05, 0) is 50.9 Å². The molecule has 0 fully saturated rings. The molecule has 0 saturated heterocycles. The molecule has 0 unspecified atom stereocenters. The summed E-state index contributed by atoms with van der Waals surface area (Å²) >= 11 is 0. The average Bonchev–Trinajstić information content (AvgIpc) is 3.23. The standard InChI is InChI=1S/C27H20/c1-5-13-22-18(9-1)19-10-2-6-14-23(19)26(22)17-27-24-15-7-3-11-20(24)21-12-4-8-16-25(21)27/h1-16,26-27H,17H2. The monoisotopic (exact) mass is 344 g/mol. The highest BCUT2D eigenvalue weighted by atomic mass is 14.4. The quantitative estimate of drug-likeness (QED) is 0.367. The van der Waals surface area contributed by atoms with E-state index in [0.29, 0.717) is 11.8 Å². The van der Waals surface area contributed by atoms with Crippen molar-refractivity contribution in [1.29, 1.82) is 0 Å². The molecule has 0 nitrogen and oxygen atoms in total. The van der Waals surface area contributed by atoms with Gasteiger partial charge in [-0.25, -0.2) is 0 Å². The summed E-state index contributed by atoms with van der Waals surface area (Å²) in [4.78, 5) is 0. The molecule has 0 heterocycles. The van der Waals surface area contributed by atoms with Gasteiger partial charge >= 0.3 is 0 Å². The second-order valence-electron chi connectivity index (χ2n) is 7.69. The summed E-state index contributed by atoms with van der Waals surface area (Å²) in [6.07, 6.45) is 1.13. The van der Waals surface area contributed by atoms with Crippen LogP contribution in [0.3, 0.4) is 0 Å². The van der Waals surface area contributed by atoms with Gasteiger partial charge in [0.2, 0.25) is 0 Å². The Hall–Kier alpha value is -3.12. The topological polar surface area (TPSA) is 0 Å². The highest BCUT2D eigenvalue weighted by Gasteiger charge is 2.35. The fourth-order valence-electron chi connectivity index (χ4n) is 5.26. The molecule has 0 spiro atoms. The number of benzene rings is 4. The van der Waals surface area contributed by atoms with Gasteiger partial charge in [-0.2, -0.15) is 0 Å². The Morgan fingerprint density at radius 1 is 0.370 bits per heavy atom. The molecule has 6 rings (SSSR count). The molecule has 2 aliphatic carbocycles. The lowest BCUT2D eigenvalue weighted by molar-refractivity contribution is 0.663. The fraction of sp³-hybridized carbons (Fsp3) is 0.111. The minimum atomic E-state index is 0.460. The normalized spacial score (nSPS) is 14.5.